The third kappa shape index (κ3) is 1.57. The Morgan fingerprint density at radius 2 is 2.08 bits per heavy atom. The second-order valence-corrected chi connectivity index (χ2v) is 3.04. The Morgan fingerprint density at radius 3 is 2.58 bits per heavy atom. The molecule has 0 aliphatic heterocycles. The molecule has 0 aliphatic rings. The molecule has 0 amide bonds. The normalized spacial score (nSPS) is 9.83. The van der Waals surface area contributed by atoms with Crippen molar-refractivity contribution >= 4 is 0 Å². The van der Waals surface area contributed by atoms with Crippen molar-refractivity contribution < 1.29 is 5.11 Å². The largest absolute Gasteiger partial charge is 0.507 e. The summed E-state index contributed by atoms with van der Waals surface area (Å²) in [7, 11) is 0. The zero-order valence-corrected chi connectivity index (χ0v) is 7.20. The van der Waals surface area contributed by atoms with Gasteiger partial charge in [0, 0.05) is 0 Å². The van der Waals surface area contributed by atoms with E-state index in [9.17, 15) is 5.11 Å². The number of benzene rings is 1. The molecule has 0 saturated carbocycles. The van der Waals surface area contributed by atoms with Crippen molar-refractivity contribution in [2.24, 2.45) is 0 Å². The first kappa shape index (κ1) is 8.61. The molecule has 0 unspecified atom stereocenters. The Hall–Kier alpha value is -1.49. The maximum absolute atomic E-state index is 9.19. The van der Waals surface area contributed by atoms with Crippen LogP contribution in [0.5, 0.6) is 5.75 Å². The fourth-order valence-electron chi connectivity index (χ4n) is 1.00. The fraction of sp³-hybridized carbons (Fsp3) is 0.300. The van der Waals surface area contributed by atoms with Crippen LogP contribution >= 0.6 is 0 Å². The molecule has 0 bridgehead atoms. The van der Waals surface area contributed by atoms with E-state index in [4.69, 9.17) is 5.26 Å². The van der Waals surface area contributed by atoms with Crippen molar-refractivity contribution in [2.75, 3.05) is 0 Å². The van der Waals surface area contributed by atoms with Crippen LogP contribution in [-0.4, -0.2) is 5.11 Å². The van der Waals surface area contributed by atoms with Gasteiger partial charge in [-0.05, 0) is 23.6 Å². The van der Waals surface area contributed by atoms with E-state index in [1.54, 1.807) is 12.1 Å². The van der Waals surface area contributed by atoms with Crippen molar-refractivity contribution in [3.8, 4) is 11.8 Å². The molecule has 0 radical (unpaired) electrons. The summed E-state index contributed by atoms with van der Waals surface area (Å²) in [4.78, 5) is 0. The highest BCUT2D eigenvalue weighted by atomic mass is 16.3. The van der Waals surface area contributed by atoms with Crippen LogP contribution in [0.2, 0.25) is 0 Å². The van der Waals surface area contributed by atoms with Crippen LogP contribution in [0.1, 0.15) is 30.9 Å². The van der Waals surface area contributed by atoms with Crippen molar-refractivity contribution in [2.45, 2.75) is 19.8 Å². The molecule has 2 heteroatoms. The molecule has 0 atom stereocenters. The van der Waals surface area contributed by atoms with Crippen LogP contribution in [-0.2, 0) is 0 Å². The van der Waals surface area contributed by atoms with Gasteiger partial charge in [0.25, 0.3) is 0 Å². The van der Waals surface area contributed by atoms with E-state index in [0.29, 0.717) is 11.5 Å². The molecular weight excluding hydrogens is 150 g/mol. The molecule has 1 rings (SSSR count). The van der Waals surface area contributed by atoms with Gasteiger partial charge in [0.15, 0.2) is 0 Å². The predicted octanol–water partition coefficient (Wildman–Crippen LogP) is 2.39. The van der Waals surface area contributed by atoms with E-state index >= 15 is 0 Å². The van der Waals surface area contributed by atoms with Crippen LogP contribution < -0.4 is 0 Å². The van der Waals surface area contributed by atoms with Gasteiger partial charge < -0.3 is 5.11 Å². The number of nitrogens with zero attached hydrogens (tertiary/aromatic N) is 1. The highest BCUT2D eigenvalue weighted by Gasteiger charge is 2.03. The molecular formula is C10H11NO. The number of phenols is 1. The van der Waals surface area contributed by atoms with Crippen molar-refractivity contribution in [1.29, 1.82) is 5.26 Å². The first-order valence-electron chi connectivity index (χ1n) is 3.88. The number of hydrogen-bond acceptors (Lipinski definition) is 2. The summed E-state index contributed by atoms with van der Waals surface area (Å²) in [6.45, 7) is 4.10. The maximum Gasteiger partial charge on any atom is 0.133 e. The number of nitriles is 1. The van der Waals surface area contributed by atoms with Crippen LogP contribution in [0.3, 0.4) is 0 Å². The Bertz CT molecular complexity index is 323. The average Bonchev–Trinajstić information content (AvgIpc) is 2.05. The van der Waals surface area contributed by atoms with Crippen molar-refractivity contribution in [1.82, 2.24) is 0 Å². The summed E-state index contributed by atoms with van der Waals surface area (Å²) in [5.74, 6) is 0.444. The molecule has 0 aliphatic carbocycles. The molecule has 1 aromatic carbocycles. The van der Waals surface area contributed by atoms with E-state index < -0.39 is 0 Å². The monoisotopic (exact) mass is 161 g/mol. The number of phenolic OH excluding ortho intramolecular Hbond substituents is 1. The van der Waals surface area contributed by atoms with Crippen molar-refractivity contribution in [3.05, 3.63) is 29.3 Å². The Labute approximate surface area is 72.1 Å². The van der Waals surface area contributed by atoms with Crippen LogP contribution in [0.15, 0.2) is 18.2 Å². The molecule has 0 spiro atoms. The summed E-state index contributed by atoms with van der Waals surface area (Å²) >= 11 is 0. The van der Waals surface area contributed by atoms with Crippen molar-refractivity contribution in [3.63, 3.8) is 0 Å². The zero-order chi connectivity index (χ0) is 9.14. The smallest absolute Gasteiger partial charge is 0.133 e. The SMILES string of the molecule is CC(C)c1ccc(O)c(C#N)c1. The minimum Gasteiger partial charge on any atom is -0.507 e. The lowest BCUT2D eigenvalue weighted by Crippen LogP contribution is -1.88. The predicted molar refractivity (Wildman–Crippen MR) is 46.9 cm³/mol. The standard InChI is InChI=1S/C10H11NO/c1-7(2)8-3-4-10(12)9(5-8)6-11/h3-5,7,12H,1-2H3. The molecule has 1 N–H and O–H groups in total. The van der Waals surface area contributed by atoms with E-state index in [-0.39, 0.29) is 5.75 Å². The Kier molecular flexibility index (Phi) is 2.35. The third-order valence-electron chi connectivity index (χ3n) is 1.81. The van der Waals surface area contributed by atoms with Gasteiger partial charge in [-0.3, -0.25) is 0 Å². The lowest BCUT2D eigenvalue weighted by molar-refractivity contribution is 0.473. The van der Waals surface area contributed by atoms with E-state index in [1.165, 1.54) is 0 Å². The molecule has 0 aromatic heterocycles. The number of hydrogen-bond donors (Lipinski definition) is 1. The van der Waals surface area contributed by atoms with Gasteiger partial charge in [-0.25, -0.2) is 0 Å². The van der Waals surface area contributed by atoms with Crippen LogP contribution in [0, 0.1) is 11.3 Å². The van der Waals surface area contributed by atoms with Gasteiger partial charge in [0.1, 0.15) is 11.8 Å². The Morgan fingerprint density at radius 1 is 1.42 bits per heavy atom. The van der Waals surface area contributed by atoms with Crippen LogP contribution in [0.4, 0.5) is 0 Å². The highest BCUT2D eigenvalue weighted by Crippen LogP contribution is 2.21. The quantitative estimate of drug-likeness (QED) is 0.687. The van der Waals surface area contributed by atoms with Gasteiger partial charge in [0.05, 0.1) is 5.56 Å². The maximum atomic E-state index is 9.19. The second-order valence-electron chi connectivity index (χ2n) is 3.04. The molecule has 2 nitrogen and oxygen atoms in total. The summed E-state index contributed by atoms with van der Waals surface area (Å²) in [6.07, 6.45) is 0. The summed E-state index contributed by atoms with van der Waals surface area (Å²) in [6, 6.07) is 7.06. The number of rotatable bonds is 1. The third-order valence-corrected chi connectivity index (χ3v) is 1.81. The van der Waals surface area contributed by atoms with Gasteiger partial charge in [-0.15, -0.1) is 0 Å². The van der Waals surface area contributed by atoms with Crippen LogP contribution in [0.25, 0.3) is 0 Å². The molecule has 62 valence electrons. The zero-order valence-electron chi connectivity index (χ0n) is 7.20. The average molecular weight is 161 g/mol. The van der Waals surface area contributed by atoms with E-state index in [0.717, 1.165) is 5.56 Å². The van der Waals surface area contributed by atoms with Gasteiger partial charge in [-0.2, -0.15) is 5.26 Å². The first-order valence-corrected chi connectivity index (χ1v) is 3.88. The molecule has 12 heavy (non-hydrogen) atoms. The minimum absolute atomic E-state index is 0.0573. The van der Waals surface area contributed by atoms with E-state index in [1.807, 2.05) is 26.0 Å². The second kappa shape index (κ2) is 3.27. The lowest BCUT2D eigenvalue weighted by atomic mass is 10.0. The summed E-state index contributed by atoms with van der Waals surface area (Å²) in [5.41, 5.74) is 1.42. The molecule has 1 aromatic rings. The molecule has 0 fully saturated rings. The van der Waals surface area contributed by atoms with Gasteiger partial charge in [-0.1, -0.05) is 19.9 Å². The minimum atomic E-state index is 0.0573. The lowest BCUT2D eigenvalue weighted by Gasteiger charge is -2.05. The summed E-state index contributed by atoms with van der Waals surface area (Å²) in [5, 5.41) is 17.8. The van der Waals surface area contributed by atoms with Gasteiger partial charge >= 0.3 is 0 Å². The molecule has 0 saturated heterocycles. The topological polar surface area (TPSA) is 44.0 Å². The number of aromatic hydroxyl groups is 1. The first-order chi connectivity index (χ1) is 5.65. The molecule has 0 heterocycles. The van der Waals surface area contributed by atoms with E-state index in [2.05, 4.69) is 0 Å². The Balaban J connectivity index is 3.16. The van der Waals surface area contributed by atoms with Gasteiger partial charge in [0.2, 0.25) is 0 Å². The summed E-state index contributed by atoms with van der Waals surface area (Å²) < 4.78 is 0. The fourth-order valence-corrected chi connectivity index (χ4v) is 1.00. The highest BCUT2D eigenvalue weighted by molar-refractivity contribution is 5.44.